The predicted molar refractivity (Wildman–Crippen MR) is 55.6 cm³/mol. The molecular weight excluding hydrogens is 213 g/mol. The van der Waals surface area contributed by atoms with Crippen molar-refractivity contribution in [2.75, 3.05) is 13.1 Å². The van der Waals surface area contributed by atoms with Crippen molar-refractivity contribution < 1.29 is 19.1 Å². The predicted octanol–water partition coefficient (Wildman–Crippen LogP) is 1.37. The summed E-state index contributed by atoms with van der Waals surface area (Å²) >= 11 is 0. The second kappa shape index (κ2) is 5.25. The highest BCUT2D eigenvalue weighted by atomic mass is 19.1. The minimum Gasteiger partial charge on any atom is -0.480 e. The van der Waals surface area contributed by atoms with E-state index in [0.717, 1.165) is 4.90 Å². The van der Waals surface area contributed by atoms with Gasteiger partial charge < -0.3 is 10.0 Å². The van der Waals surface area contributed by atoms with Crippen LogP contribution in [0.25, 0.3) is 0 Å². The molecule has 5 heteroatoms. The van der Waals surface area contributed by atoms with Crippen molar-refractivity contribution in [2.45, 2.75) is 6.92 Å². The Labute approximate surface area is 92.3 Å². The van der Waals surface area contributed by atoms with E-state index in [0.29, 0.717) is 0 Å². The quantitative estimate of drug-likeness (QED) is 0.842. The van der Waals surface area contributed by atoms with Gasteiger partial charge in [-0.25, -0.2) is 4.39 Å². The minimum absolute atomic E-state index is 0.106. The second-order valence-electron chi connectivity index (χ2n) is 3.19. The number of halogens is 1. The molecule has 0 atom stereocenters. The van der Waals surface area contributed by atoms with Crippen LogP contribution in [-0.4, -0.2) is 35.0 Å². The molecule has 0 saturated heterocycles. The molecule has 1 amide bonds. The average Bonchev–Trinajstić information content (AvgIpc) is 2.25. The number of carbonyl (C=O) groups excluding carboxylic acids is 1. The fraction of sp³-hybridized carbons (Fsp3) is 0.273. The molecule has 0 bridgehead atoms. The Bertz CT molecular complexity index is 406. The molecule has 1 N–H and O–H groups in total. The Kier molecular flexibility index (Phi) is 3.99. The molecule has 16 heavy (non-hydrogen) atoms. The van der Waals surface area contributed by atoms with Crippen LogP contribution in [0.2, 0.25) is 0 Å². The molecule has 0 saturated carbocycles. The Hall–Kier alpha value is -1.91. The van der Waals surface area contributed by atoms with Gasteiger partial charge in [0.2, 0.25) is 0 Å². The zero-order valence-electron chi connectivity index (χ0n) is 8.81. The lowest BCUT2D eigenvalue weighted by atomic mass is 10.2. The summed E-state index contributed by atoms with van der Waals surface area (Å²) < 4.78 is 13.3. The van der Waals surface area contributed by atoms with Crippen LogP contribution in [0.1, 0.15) is 17.3 Å². The lowest BCUT2D eigenvalue weighted by Crippen LogP contribution is -2.35. The summed E-state index contributed by atoms with van der Waals surface area (Å²) in [5, 5.41) is 8.59. The molecule has 0 spiro atoms. The van der Waals surface area contributed by atoms with Gasteiger partial charge in [-0.05, 0) is 19.1 Å². The van der Waals surface area contributed by atoms with Crippen molar-refractivity contribution in [2.24, 2.45) is 0 Å². The van der Waals surface area contributed by atoms with E-state index in [2.05, 4.69) is 0 Å². The number of carbonyl (C=O) groups is 2. The van der Waals surface area contributed by atoms with Crippen LogP contribution in [0.15, 0.2) is 24.3 Å². The number of hydrogen-bond acceptors (Lipinski definition) is 2. The largest absolute Gasteiger partial charge is 0.480 e. The summed E-state index contributed by atoms with van der Waals surface area (Å²) in [4.78, 5) is 23.3. The van der Waals surface area contributed by atoms with Gasteiger partial charge in [0.1, 0.15) is 12.4 Å². The van der Waals surface area contributed by atoms with Gasteiger partial charge in [0.15, 0.2) is 0 Å². The average molecular weight is 225 g/mol. The van der Waals surface area contributed by atoms with E-state index in [-0.39, 0.29) is 12.1 Å². The number of aliphatic carboxylic acids is 1. The Balaban J connectivity index is 2.91. The molecule has 0 unspecified atom stereocenters. The Morgan fingerprint density at radius 3 is 2.50 bits per heavy atom. The minimum atomic E-state index is -1.12. The molecule has 1 rings (SSSR count). The van der Waals surface area contributed by atoms with Gasteiger partial charge in [-0.3, -0.25) is 9.59 Å². The number of rotatable bonds is 4. The summed E-state index contributed by atoms with van der Waals surface area (Å²) in [6.45, 7) is 1.44. The maximum Gasteiger partial charge on any atom is 0.323 e. The van der Waals surface area contributed by atoms with Crippen LogP contribution >= 0.6 is 0 Å². The van der Waals surface area contributed by atoms with E-state index in [1.807, 2.05) is 0 Å². The van der Waals surface area contributed by atoms with Crippen LogP contribution < -0.4 is 0 Å². The Morgan fingerprint density at radius 1 is 1.38 bits per heavy atom. The molecule has 0 aliphatic rings. The summed E-state index contributed by atoms with van der Waals surface area (Å²) in [7, 11) is 0. The monoisotopic (exact) mass is 225 g/mol. The number of hydrogen-bond donors (Lipinski definition) is 1. The molecule has 0 fully saturated rings. The number of nitrogens with zero attached hydrogens (tertiary/aromatic N) is 1. The molecule has 1 aromatic rings. The van der Waals surface area contributed by atoms with Crippen molar-refractivity contribution >= 4 is 11.9 Å². The van der Waals surface area contributed by atoms with Gasteiger partial charge in [0, 0.05) is 6.54 Å². The standard InChI is InChI=1S/C11H12FNO3/c1-2-13(7-10(14)15)11(16)8-5-3-4-6-9(8)12/h3-6H,2,7H2,1H3,(H,14,15). The number of carboxylic acids is 1. The van der Waals surface area contributed by atoms with Crippen molar-refractivity contribution in [1.29, 1.82) is 0 Å². The topological polar surface area (TPSA) is 57.6 Å². The highest BCUT2D eigenvalue weighted by Gasteiger charge is 2.19. The molecule has 86 valence electrons. The van der Waals surface area contributed by atoms with E-state index in [4.69, 9.17) is 5.11 Å². The fourth-order valence-corrected chi connectivity index (χ4v) is 1.30. The number of benzene rings is 1. The summed E-state index contributed by atoms with van der Waals surface area (Å²) in [5.41, 5.74) is -0.106. The maximum atomic E-state index is 13.3. The fourth-order valence-electron chi connectivity index (χ4n) is 1.30. The third kappa shape index (κ3) is 2.79. The molecular formula is C11H12FNO3. The molecule has 1 aromatic carbocycles. The third-order valence-electron chi connectivity index (χ3n) is 2.10. The van der Waals surface area contributed by atoms with E-state index >= 15 is 0 Å². The van der Waals surface area contributed by atoms with Gasteiger partial charge >= 0.3 is 5.97 Å². The number of carboxylic acid groups (broad SMARTS) is 1. The van der Waals surface area contributed by atoms with Gasteiger partial charge in [-0.1, -0.05) is 12.1 Å². The number of amides is 1. The Morgan fingerprint density at radius 2 is 2.00 bits per heavy atom. The number of likely N-dealkylation sites (N-methyl/N-ethyl adjacent to an activating group) is 1. The first-order chi connectivity index (χ1) is 7.56. The molecule has 0 aromatic heterocycles. The zero-order chi connectivity index (χ0) is 12.1. The first-order valence-electron chi connectivity index (χ1n) is 4.81. The lowest BCUT2D eigenvalue weighted by Gasteiger charge is -2.18. The van der Waals surface area contributed by atoms with Gasteiger partial charge in [-0.2, -0.15) is 0 Å². The van der Waals surface area contributed by atoms with E-state index < -0.39 is 24.2 Å². The molecule has 0 radical (unpaired) electrons. The highest BCUT2D eigenvalue weighted by molar-refractivity contribution is 5.96. The van der Waals surface area contributed by atoms with Crippen LogP contribution in [0.4, 0.5) is 4.39 Å². The van der Waals surface area contributed by atoms with Crippen LogP contribution in [0.3, 0.4) is 0 Å². The zero-order valence-corrected chi connectivity index (χ0v) is 8.81. The van der Waals surface area contributed by atoms with Gasteiger partial charge in [0.25, 0.3) is 5.91 Å². The highest BCUT2D eigenvalue weighted by Crippen LogP contribution is 2.09. The van der Waals surface area contributed by atoms with E-state index in [9.17, 15) is 14.0 Å². The van der Waals surface area contributed by atoms with Crippen LogP contribution in [0.5, 0.6) is 0 Å². The molecule has 0 aliphatic carbocycles. The summed E-state index contributed by atoms with van der Waals surface area (Å²) in [5.74, 6) is -2.37. The van der Waals surface area contributed by atoms with Crippen molar-refractivity contribution in [3.05, 3.63) is 35.6 Å². The van der Waals surface area contributed by atoms with Crippen molar-refractivity contribution in [3.8, 4) is 0 Å². The first-order valence-corrected chi connectivity index (χ1v) is 4.81. The summed E-state index contributed by atoms with van der Waals surface area (Å²) in [6.07, 6.45) is 0. The third-order valence-corrected chi connectivity index (χ3v) is 2.10. The SMILES string of the molecule is CCN(CC(=O)O)C(=O)c1ccccc1F. The molecule has 4 nitrogen and oxygen atoms in total. The lowest BCUT2D eigenvalue weighted by molar-refractivity contribution is -0.137. The normalized spacial score (nSPS) is 9.88. The molecule has 0 aliphatic heterocycles. The van der Waals surface area contributed by atoms with E-state index in [1.54, 1.807) is 6.92 Å². The van der Waals surface area contributed by atoms with Gasteiger partial charge in [-0.15, -0.1) is 0 Å². The van der Waals surface area contributed by atoms with E-state index in [1.165, 1.54) is 24.3 Å². The second-order valence-corrected chi connectivity index (χ2v) is 3.19. The summed E-state index contributed by atoms with van der Waals surface area (Å²) in [6, 6.07) is 5.51. The first kappa shape index (κ1) is 12.2. The van der Waals surface area contributed by atoms with Crippen molar-refractivity contribution in [3.63, 3.8) is 0 Å². The van der Waals surface area contributed by atoms with Crippen LogP contribution in [0, 0.1) is 5.82 Å². The van der Waals surface area contributed by atoms with Crippen LogP contribution in [-0.2, 0) is 4.79 Å². The van der Waals surface area contributed by atoms with Crippen molar-refractivity contribution in [1.82, 2.24) is 4.90 Å². The molecule has 0 heterocycles. The maximum absolute atomic E-state index is 13.3. The van der Waals surface area contributed by atoms with Gasteiger partial charge in [0.05, 0.1) is 5.56 Å². The smallest absolute Gasteiger partial charge is 0.323 e.